The second-order valence-corrected chi connectivity index (χ2v) is 10.2. The van der Waals surface area contributed by atoms with Gasteiger partial charge >= 0.3 is 0 Å². The van der Waals surface area contributed by atoms with Crippen LogP contribution in [-0.4, -0.2) is 23.9 Å². The molecule has 2 aliphatic rings. The predicted octanol–water partition coefficient (Wildman–Crippen LogP) is 3.80. The third-order valence-electron chi connectivity index (χ3n) is 5.15. The summed E-state index contributed by atoms with van der Waals surface area (Å²) in [6.07, 6.45) is 4.55. The number of benzene rings is 1. The van der Waals surface area contributed by atoms with Crippen LogP contribution in [0, 0.1) is 5.92 Å². The number of thioether (sulfide) groups is 1. The van der Waals surface area contributed by atoms with Gasteiger partial charge in [0.25, 0.3) is 10.0 Å². The molecule has 1 aromatic rings. The molecule has 126 valence electrons. The van der Waals surface area contributed by atoms with Gasteiger partial charge in [0.05, 0.1) is 10.4 Å². The van der Waals surface area contributed by atoms with E-state index in [2.05, 4.69) is 25.5 Å². The summed E-state index contributed by atoms with van der Waals surface area (Å²) in [6.45, 7) is 6.54. The van der Waals surface area contributed by atoms with Crippen LogP contribution < -0.4 is 4.72 Å². The van der Waals surface area contributed by atoms with Crippen LogP contribution >= 0.6 is 11.8 Å². The molecule has 1 heterocycles. The molecule has 1 aliphatic heterocycles. The quantitative estimate of drug-likeness (QED) is 0.881. The van der Waals surface area contributed by atoms with E-state index in [-0.39, 0.29) is 15.2 Å². The molecule has 0 bridgehead atoms. The van der Waals surface area contributed by atoms with Crippen molar-refractivity contribution in [1.82, 2.24) is 4.72 Å². The van der Waals surface area contributed by atoms with Gasteiger partial charge in [0.1, 0.15) is 0 Å². The fourth-order valence-electron chi connectivity index (χ4n) is 3.45. The van der Waals surface area contributed by atoms with Crippen LogP contribution in [0.5, 0.6) is 0 Å². The molecule has 1 spiro atoms. The number of nitrogens with one attached hydrogen (secondary N) is 1. The van der Waals surface area contributed by atoms with E-state index in [4.69, 9.17) is 4.99 Å². The van der Waals surface area contributed by atoms with Crippen molar-refractivity contribution in [1.29, 1.82) is 0 Å². The summed E-state index contributed by atoms with van der Waals surface area (Å²) in [5, 5.41) is 0.536. The highest BCUT2D eigenvalue weighted by atomic mass is 32.2. The zero-order valence-electron chi connectivity index (χ0n) is 13.9. The van der Waals surface area contributed by atoms with E-state index >= 15 is 0 Å². The minimum absolute atomic E-state index is 0.0219. The van der Waals surface area contributed by atoms with Crippen molar-refractivity contribution in [2.24, 2.45) is 10.9 Å². The molecule has 0 atom stereocenters. The number of sulfonamides is 1. The summed E-state index contributed by atoms with van der Waals surface area (Å²) >= 11 is 1.62. The number of rotatable bonds is 2. The Kier molecular flexibility index (Phi) is 4.25. The van der Waals surface area contributed by atoms with Crippen LogP contribution in [-0.2, 0) is 10.0 Å². The van der Waals surface area contributed by atoms with Gasteiger partial charge in [0, 0.05) is 4.75 Å². The Bertz CT molecular complexity index is 703. The van der Waals surface area contributed by atoms with Gasteiger partial charge in [0.15, 0.2) is 5.17 Å². The van der Waals surface area contributed by atoms with Crippen molar-refractivity contribution in [2.45, 2.75) is 61.6 Å². The standard InChI is InChI=1S/C17H24N2O2S2/c1-13-9-11-17(12-10-13)16(2,3)18-15(22-17)19-23(20,21)14-7-5-4-6-8-14/h4-8,13H,9-12H2,1-3H3,(H,18,19). The largest absolute Gasteiger partial charge is 0.263 e. The highest BCUT2D eigenvalue weighted by molar-refractivity contribution is 8.16. The van der Waals surface area contributed by atoms with E-state index in [0.29, 0.717) is 5.17 Å². The molecule has 3 rings (SSSR count). The first-order chi connectivity index (χ1) is 10.7. The van der Waals surface area contributed by atoms with Crippen LogP contribution in [0.3, 0.4) is 0 Å². The van der Waals surface area contributed by atoms with Crippen LogP contribution in [0.2, 0.25) is 0 Å². The normalized spacial score (nSPS) is 30.2. The number of hydrogen-bond donors (Lipinski definition) is 1. The summed E-state index contributed by atoms with van der Waals surface area (Å²) in [6, 6.07) is 8.47. The Balaban J connectivity index is 1.80. The molecule has 0 aromatic heterocycles. The molecule has 1 aromatic carbocycles. The molecule has 0 unspecified atom stereocenters. The molecule has 0 radical (unpaired) electrons. The van der Waals surface area contributed by atoms with Gasteiger partial charge in [-0.1, -0.05) is 36.9 Å². The maximum Gasteiger partial charge on any atom is 0.263 e. The average Bonchev–Trinajstić information content (AvgIpc) is 2.72. The molecule has 6 heteroatoms. The lowest BCUT2D eigenvalue weighted by Crippen LogP contribution is -2.45. The van der Waals surface area contributed by atoms with E-state index in [1.54, 1.807) is 36.0 Å². The van der Waals surface area contributed by atoms with Crippen LogP contribution in [0.15, 0.2) is 40.2 Å². The Hall–Kier alpha value is -1.01. The second kappa shape index (κ2) is 5.81. The lowest BCUT2D eigenvalue weighted by Gasteiger charge is -2.43. The molecular formula is C17H24N2O2S2. The zero-order chi connectivity index (χ0) is 16.7. The minimum Gasteiger partial charge on any atom is -0.258 e. The summed E-state index contributed by atoms with van der Waals surface area (Å²) < 4.78 is 27.8. The molecule has 4 nitrogen and oxygen atoms in total. The van der Waals surface area contributed by atoms with Gasteiger partial charge in [-0.05, 0) is 57.6 Å². The molecule has 1 N–H and O–H groups in total. The first kappa shape index (κ1) is 16.8. The lowest BCUT2D eigenvalue weighted by atomic mass is 9.73. The van der Waals surface area contributed by atoms with Gasteiger partial charge in [-0.25, -0.2) is 8.42 Å². The smallest absolute Gasteiger partial charge is 0.258 e. The fraction of sp³-hybridized carbons (Fsp3) is 0.588. The molecule has 23 heavy (non-hydrogen) atoms. The highest BCUT2D eigenvalue weighted by Gasteiger charge is 2.52. The maximum atomic E-state index is 12.5. The van der Waals surface area contributed by atoms with Crippen molar-refractivity contribution in [3.8, 4) is 0 Å². The van der Waals surface area contributed by atoms with E-state index in [1.807, 2.05) is 6.07 Å². The Labute approximate surface area is 143 Å². The number of aliphatic imine (C=N–C) groups is 1. The highest BCUT2D eigenvalue weighted by Crippen LogP contribution is 2.54. The minimum atomic E-state index is -3.56. The summed E-state index contributed by atoms with van der Waals surface area (Å²) in [7, 11) is -3.56. The average molecular weight is 353 g/mol. The Morgan fingerprint density at radius 1 is 1.17 bits per heavy atom. The van der Waals surface area contributed by atoms with Crippen molar-refractivity contribution < 1.29 is 8.42 Å². The first-order valence-electron chi connectivity index (χ1n) is 8.11. The summed E-state index contributed by atoms with van der Waals surface area (Å²) in [5.74, 6) is 0.752. The van der Waals surface area contributed by atoms with Crippen LogP contribution in [0.1, 0.15) is 46.5 Å². The van der Waals surface area contributed by atoms with Gasteiger partial charge in [-0.3, -0.25) is 9.71 Å². The van der Waals surface area contributed by atoms with Crippen LogP contribution in [0.4, 0.5) is 0 Å². The molecule has 1 aliphatic carbocycles. The van der Waals surface area contributed by atoms with E-state index < -0.39 is 10.0 Å². The fourth-order valence-corrected chi connectivity index (χ4v) is 6.23. The maximum absolute atomic E-state index is 12.5. The van der Waals surface area contributed by atoms with Gasteiger partial charge in [0.2, 0.25) is 0 Å². The van der Waals surface area contributed by atoms with Crippen molar-refractivity contribution in [2.75, 3.05) is 0 Å². The van der Waals surface area contributed by atoms with Crippen molar-refractivity contribution >= 4 is 27.0 Å². The SMILES string of the molecule is CC1CCC2(CC1)SC(NS(=O)(=O)c1ccccc1)=NC2(C)C. The molecule has 1 fully saturated rings. The lowest BCUT2D eigenvalue weighted by molar-refractivity contribution is 0.246. The Morgan fingerprint density at radius 2 is 1.78 bits per heavy atom. The Morgan fingerprint density at radius 3 is 2.39 bits per heavy atom. The first-order valence-corrected chi connectivity index (χ1v) is 10.4. The monoisotopic (exact) mass is 352 g/mol. The third-order valence-corrected chi connectivity index (χ3v) is 8.31. The second-order valence-electron chi connectivity index (χ2n) is 7.17. The predicted molar refractivity (Wildman–Crippen MR) is 96.2 cm³/mol. The van der Waals surface area contributed by atoms with Gasteiger partial charge < -0.3 is 0 Å². The van der Waals surface area contributed by atoms with E-state index in [1.165, 1.54) is 12.8 Å². The zero-order valence-corrected chi connectivity index (χ0v) is 15.5. The van der Waals surface area contributed by atoms with Gasteiger partial charge in [-0.15, -0.1) is 0 Å². The van der Waals surface area contributed by atoms with E-state index in [9.17, 15) is 8.42 Å². The summed E-state index contributed by atoms with van der Waals surface area (Å²) in [5.41, 5.74) is -0.244. The molecule has 0 saturated heterocycles. The number of amidine groups is 1. The van der Waals surface area contributed by atoms with Crippen molar-refractivity contribution in [3.05, 3.63) is 30.3 Å². The van der Waals surface area contributed by atoms with E-state index in [0.717, 1.165) is 18.8 Å². The molecule has 1 saturated carbocycles. The summed E-state index contributed by atoms with van der Waals surface area (Å²) in [4.78, 5) is 5.00. The third kappa shape index (κ3) is 3.15. The van der Waals surface area contributed by atoms with Gasteiger partial charge in [-0.2, -0.15) is 0 Å². The number of nitrogens with zero attached hydrogens (tertiary/aromatic N) is 1. The molecule has 0 amide bonds. The van der Waals surface area contributed by atoms with Crippen LogP contribution in [0.25, 0.3) is 0 Å². The topological polar surface area (TPSA) is 58.5 Å². The van der Waals surface area contributed by atoms with Crippen molar-refractivity contribution in [3.63, 3.8) is 0 Å². The molecular weight excluding hydrogens is 328 g/mol. The number of hydrogen-bond acceptors (Lipinski definition) is 4.